The third-order valence-corrected chi connectivity index (χ3v) is 2.92. The zero-order valence-corrected chi connectivity index (χ0v) is 11.7. The number of hydrogen-bond acceptors (Lipinski definition) is 3. The second-order valence-electron chi connectivity index (χ2n) is 3.12. The smallest absolute Gasteiger partial charge is 0.485 e. The van der Waals surface area contributed by atoms with Gasteiger partial charge in [0.25, 0.3) is 0 Å². The molecule has 104 valence electrons. The third kappa shape index (κ3) is 6.31. The molecule has 0 atom stereocenters. The van der Waals surface area contributed by atoms with Crippen molar-refractivity contribution in [1.82, 2.24) is 0 Å². The Kier molecular flexibility index (Phi) is 6.79. The lowest BCUT2D eigenvalue weighted by Gasteiger charge is -2.08. The molecule has 1 aromatic rings. The van der Waals surface area contributed by atoms with Gasteiger partial charge in [0.05, 0.1) is 0 Å². The van der Waals surface area contributed by atoms with Gasteiger partial charge in [-0.1, -0.05) is 6.92 Å². The van der Waals surface area contributed by atoms with Crippen LogP contribution in [0.15, 0.2) is 29.0 Å². The first kappa shape index (κ1) is 17.3. The standard InChI is InChI=1S/C8H11BrN.CHF3O3S/c1-2-6-10-7-4-3-5-8(10)9;2-1(3,4)8(5,6)7/h3-5,7H,2,6H2,1H3;(H,5,6,7)/q+1;/p-1. The summed E-state index contributed by atoms with van der Waals surface area (Å²) < 4.78 is 62.2. The van der Waals surface area contributed by atoms with Crippen LogP contribution in [0.4, 0.5) is 13.2 Å². The molecule has 0 N–H and O–H groups in total. The summed E-state index contributed by atoms with van der Waals surface area (Å²) in [4.78, 5) is 0. The van der Waals surface area contributed by atoms with Crippen LogP contribution in [-0.4, -0.2) is 18.5 Å². The van der Waals surface area contributed by atoms with E-state index in [1.807, 2.05) is 12.1 Å². The number of nitrogens with zero attached hydrogens (tertiary/aromatic N) is 1. The minimum absolute atomic E-state index is 1.08. The first-order valence-electron chi connectivity index (χ1n) is 4.75. The second-order valence-corrected chi connectivity index (χ2v) is 5.30. The molecule has 0 aliphatic rings. The summed E-state index contributed by atoms with van der Waals surface area (Å²) in [6, 6.07) is 6.12. The summed E-state index contributed by atoms with van der Waals surface area (Å²) in [5.41, 5.74) is -5.65. The third-order valence-electron chi connectivity index (χ3n) is 1.63. The molecule has 0 unspecified atom stereocenters. The zero-order valence-electron chi connectivity index (χ0n) is 9.32. The van der Waals surface area contributed by atoms with E-state index in [9.17, 15) is 13.2 Å². The lowest BCUT2D eigenvalue weighted by atomic mass is 10.4. The number of halogens is 4. The molecule has 4 nitrogen and oxygen atoms in total. The van der Waals surface area contributed by atoms with Crippen LogP contribution < -0.4 is 4.57 Å². The van der Waals surface area contributed by atoms with Gasteiger partial charge in [-0.05, 0) is 6.07 Å². The topological polar surface area (TPSA) is 61.1 Å². The van der Waals surface area contributed by atoms with Gasteiger partial charge in [0, 0.05) is 34.5 Å². The van der Waals surface area contributed by atoms with Crippen LogP contribution in [0.25, 0.3) is 0 Å². The summed E-state index contributed by atoms with van der Waals surface area (Å²) in [6.45, 7) is 3.26. The highest BCUT2D eigenvalue weighted by Crippen LogP contribution is 2.20. The largest absolute Gasteiger partial charge is 0.741 e. The lowest BCUT2D eigenvalue weighted by molar-refractivity contribution is -0.707. The van der Waals surface area contributed by atoms with Gasteiger partial charge in [0.1, 0.15) is 6.54 Å². The Hall–Kier alpha value is -0.670. The van der Waals surface area contributed by atoms with Crippen LogP contribution >= 0.6 is 15.9 Å². The molecule has 0 aromatic carbocycles. The number of rotatable bonds is 2. The first-order chi connectivity index (χ1) is 8.09. The fourth-order valence-electron chi connectivity index (χ4n) is 0.878. The highest BCUT2D eigenvalue weighted by atomic mass is 79.9. The maximum Gasteiger partial charge on any atom is 0.485 e. The number of hydrogen-bond donors (Lipinski definition) is 0. The molecule has 1 aromatic heterocycles. The molecule has 0 spiro atoms. The first-order valence-corrected chi connectivity index (χ1v) is 6.96. The Balaban J connectivity index is 0.000000331. The summed E-state index contributed by atoms with van der Waals surface area (Å²) in [5.74, 6) is 0. The fraction of sp³-hybridized carbons (Fsp3) is 0.444. The van der Waals surface area contributed by atoms with Gasteiger partial charge in [0.2, 0.25) is 4.60 Å². The van der Waals surface area contributed by atoms with Gasteiger partial charge in [0.15, 0.2) is 16.3 Å². The highest BCUT2D eigenvalue weighted by Gasteiger charge is 2.36. The van der Waals surface area contributed by atoms with E-state index in [1.54, 1.807) is 0 Å². The van der Waals surface area contributed by atoms with E-state index in [1.165, 1.54) is 6.42 Å². The van der Waals surface area contributed by atoms with E-state index in [0.29, 0.717) is 0 Å². The van der Waals surface area contributed by atoms with E-state index in [-0.39, 0.29) is 0 Å². The van der Waals surface area contributed by atoms with Crippen LogP contribution in [0.1, 0.15) is 13.3 Å². The van der Waals surface area contributed by atoms with Gasteiger partial charge in [-0.15, -0.1) is 0 Å². The molecule has 9 heteroatoms. The molecule has 0 amide bonds. The van der Waals surface area contributed by atoms with Crippen LogP contribution in [0.5, 0.6) is 0 Å². The van der Waals surface area contributed by atoms with E-state index < -0.39 is 15.6 Å². The minimum Gasteiger partial charge on any atom is -0.741 e. The summed E-state index contributed by atoms with van der Waals surface area (Å²) >= 11 is 3.46. The van der Waals surface area contributed by atoms with Gasteiger partial charge in [-0.25, -0.2) is 8.42 Å². The average molecular weight is 350 g/mol. The van der Waals surface area contributed by atoms with Crippen molar-refractivity contribution in [2.45, 2.75) is 25.4 Å². The van der Waals surface area contributed by atoms with Crippen molar-refractivity contribution in [3.63, 3.8) is 0 Å². The predicted molar refractivity (Wildman–Crippen MR) is 60.4 cm³/mol. The molecule has 0 saturated carbocycles. The van der Waals surface area contributed by atoms with E-state index in [4.69, 9.17) is 13.0 Å². The molecule has 0 aliphatic heterocycles. The fourth-order valence-corrected chi connectivity index (χ4v) is 1.33. The van der Waals surface area contributed by atoms with Crippen LogP contribution in [0.3, 0.4) is 0 Å². The number of aromatic nitrogens is 1. The average Bonchev–Trinajstić information content (AvgIpc) is 2.20. The minimum atomic E-state index is -6.09. The van der Waals surface area contributed by atoms with Crippen molar-refractivity contribution >= 4 is 26.0 Å². The molecular weight excluding hydrogens is 339 g/mol. The van der Waals surface area contributed by atoms with Gasteiger partial charge in [-0.2, -0.15) is 17.7 Å². The van der Waals surface area contributed by atoms with Gasteiger partial charge >= 0.3 is 5.51 Å². The molecule has 0 saturated heterocycles. The maximum atomic E-state index is 10.7. The van der Waals surface area contributed by atoms with Crippen molar-refractivity contribution in [2.75, 3.05) is 0 Å². The monoisotopic (exact) mass is 349 g/mol. The lowest BCUT2D eigenvalue weighted by Crippen LogP contribution is -2.34. The Morgan fingerprint density at radius 3 is 2.22 bits per heavy atom. The Morgan fingerprint density at radius 1 is 1.39 bits per heavy atom. The number of aryl methyl sites for hydroxylation is 1. The van der Waals surface area contributed by atoms with E-state index in [2.05, 4.69) is 39.7 Å². The van der Waals surface area contributed by atoms with Crippen LogP contribution in [-0.2, 0) is 16.7 Å². The molecule has 1 rings (SSSR count). The van der Waals surface area contributed by atoms with Crippen molar-refractivity contribution < 1.29 is 30.7 Å². The maximum absolute atomic E-state index is 10.7. The zero-order chi connectivity index (χ0) is 14.4. The molecule has 0 fully saturated rings. The van der Waals surface area contributed by atoms with Crippen molar-refractivity contribution in [2.24, 2.45) is 0 Å². The Morgan fingerprint density at radius 2 is 1.89 bits per heavy atom. The summed E-state index contributed by atoms with van der Waals surface area (Å²) in [7, 11) is -6.09. The molecular formula is C9H11BrF3NO3S. The number of pyridine rings is 1. The van der Waals surface area contributed by atoms with E-state index in [0.717, 1.165) is 11.1 Å². The second kappa shape index (κ2) is 7.05. The Labute approximate surface area is 111 Å². The molecule has 1 heterocycles. The van der Waals surface area contributed by atoms with Gasteiger partial charge < -0.3 is 4.55 Å². The molecule has 18 heavy (non-hydrogen) atoms. The normalized spacial score (nSPS) is 11.7. The molecule has 0 aliphatic carbocycles. The number of alkyl halides is 3. The van der Waals surface area contributed by atoms with Crippen molar-refractivity contribution in [3.8, 4) is 0 Å². The van der Waals surface area contributed by atoms with Crippen LogP contribution in [0, 0.1) is 0 Å². The summed E-state index contributed by atoms with van der Waals surface area (Å²) in [5, 5.41) is 0. The predicted octanol–water partition coefficient (Wildman–Crippen LogP) is 2.20. The van der Waals surface area contributed by atoms with Crippen LogP contribution in [0.2, 0.25) is 0 Å². The van der Waals surface area contributed by atoms with Crippen molar-refractivity contribution in [1.29, 1.82) is 0 Å². The summed E-state index contributed by atoms with van der Waals surface area (Å²) in [6.07, 6.45) is 3.25. The SMILES string of the molecule is CCC[n+]1ccccc1Br.O=S(=O)([O-])C(F)(F)F. The van der Waals surface area contributed by atoms with E-state index >= 15 is 0 Å². The molecule has 0 radical (unpaired) electrons. The Bertz CT molecular complexity index is 476. The molecule has 0 bridgehead atoms. The quantitative estimate of drug-likeness (QED) is 0.356. The van der Waals surface area contributed by atoms with Gasteiger partial charge in [-0.3, -0.25) is 0 Å². The highest BCUT2D eigenvalue weighted by molar-refractivity contribution is 9.10. The van der Waals surface area contributed by atoms with Crippen molar-refractivity contribution in [3.05, 3.63) is 29.0 Å².